The van der Waals surface area contributed by atoms with E-state index in [0.29, 0.717) is 19.8 Å². The predicted molar refractivity (Wildman–Crippen MR) is 130 cm³/mol. The van der Waals surface area contributed by atoms with Crippen LogP contribution in [0, 0.1) is 0 Å². The van der Waals surface area contributed by atoms with Crippen molar-refractivity contribution in [2.75, 3.05) is 19.8 Å². The maximum Gasteiger partial charge on any atom is 0.0934 e. The first-order valence-electron chi connectivity index (χ1n) is 12.5. The lowest BCUT2D eigenvalue weighted by Crippen LogP contribution is -2.71. The van der Waals surface area contributed by atoms with Gasteiger partial charge < -0.3 is 14.6 Å². The third kappa shape index (κ3) is 7.70. The summed E-state index contributed by atoms with van der Waals surface area (Å²) in [6.45, 7) is 5.20. The minimum atomic E-state index is 0.000494. The summed E-state index contributed by atoms with van der Waals surface area (Å²) in [4.78, 5) is 2.41. The minimum Gasteiger partial charge on any atom is -0.395 e. The van der Waals surface area contributed by atoms with E-state index in [1.54, 1.807) is 0 Å². The van der Waals surface area contributed by atoms with Gasteiger partial charge in [0.1, 0.15) is 0 Å². The number of ether oxygens (including phenoxy) is 2. The van der Waals surface area contributed by atoms with Gasteiger partial charge in [-0.3, -0.25) is 4.90 Å². The zero-order chi connectivity index (χ0) is 22.4. The molecule has 2 aromatic rings. The fourth-order valence-electron chi connectivity index (χ4n) is 4.62. The van der Waals surface area contributed by atoms with Gasteiger partial charge in [-0.05, 0) is 24.1 Å². The van der Waals surface area contributed by atoms with Crippen LogP contribution in [0.4, 0.5) is 0 Å². The fraction of sp³-hybridized carbons (Fsp3) is 0.571. The summed E-state index contributed by atoms with van der Waals surface area (Å²) in [6.07, 6.45) is 9.06. The molecule has 3 rings (SSSR count). The standard InChI is InChI=1S/C28H41NO3/c1-2-3-4-5-6-7-14-19-29-26(20-30)28(32-22-25-17-12-9-13-18-25)27(29)23-31-21-24-15-10-8-11-16-24/h8-13,15-18,26-28,30H,2-7,14,19-23H2,1H3/t26-,27-,28+/m0/s1. The Morgan fingerprint density at radius 3 is 1.97 bits per heavy atom. The molecule has 0 aromatic heterocycles. The highest BCUT2D eigenvalue weighted by Crippen LogP contribution is 2.31. The molecule has 3 atom stereocenters. The van der Waals surface area contributed by atoms with Gasteiger partial charge in [-0.2, -0.15) is 0 Å². The molecular formula is C28H41NO3. The maximum atomic E-state index is 10.1. The summed E-state index contributed by atoms with van der Waals surface area (Å²) < 4.78 is 12.4. The monoisotopic (exact) mass is 439 g/mol. The lowest BCUT2D eigenvalue weighted by Gasteiger charge is -2.54. The molecule has 0 aliphatic carbocycles. The quantitative estimate of drug-likeness (QED) is 0.347. The molecule has 1 fully saturated rings. The van der Waals surface area contributed by atoms with Crippen molar-refractivity contribution in [2.45, 2.75) is 83.3 Å². The SMILES string of the molecule is CCCCCCCCCN1[C@@H](CO)[C@@H](OCc2ccccc2)[C@@H]1COCc1ccccc1. The lowest BCUT2D eigenvalue weighted by molar-refractivity contribution is -0.186. The van der Waals surface area contributed by atoms with Crippen molar-refractivity contribution in [3.8, 4) is 0 Å². The Kier molecular flexibility index (Phi) is 11.2. The molecule has 0 saturated carbocycles. The maximum absolute atomic E-state index is 10.1. The topological polar surface area (TPSA) is 41.9 Å². The van der Waals surface area contributed by atoms with Crippen molar-refractivity contribution < 1.29 is 14.6 Å². The van der Waals surface area contributed by atoms with Gasteiger partial charge in [-0.15, -0.1) is 0 Å². The second kappa shape index (κ2) is 14.4. The zero-order valence-electron chi connectivity index (χ0n) is 19.7. The highest BCUT2D eigenvalue weighted by molar-refractivity contribution is 5.15. The van der Waals surface area contributed by atoms with Gasteiger partial charge in [0, 0.05) is 0 Å². The molecule has 1 heterocycles. The number of benzene rings is 2. The summed E-state index contributed by atoms with van der Waals surface area (Å²) in [6, 6.07) is 20.8. The van der Waals surface area contributed by atoms with Gasteiger partial charge in [0.05, 0.1) is 44.6 Å². The van der Waals surface area contributed by atoms with E-state index < -0.39 is 0 Å². The molecule has 0 amide bonds. The third-order valence-corrected chi connectivity index (χ3v) is 6.50. The van der Waals surface area contributed by atoms with Crippen LogP contribution in [0.3, 0.4) is 0 Å². The van der Waals surface area contributed by atoms with Crippen LogP contribution in [0.25, 0.3) is 0 Å². The van der Waals surface area contributed by atoms with Crippen molar-refractivity contribution in [3.05, 3.63) is 71.8 Å². The van der Waals surface area contributed by atoms with E-state index in [0.717, 1.165) is 6.54 Å². The predicted octanol–water partition coefficient (Wildman–Crippen LogP) is 5.58. The van der Waals surface area contributed by atoms with Gasteiger partial charge in [0.2, 0.25) is 0 Å². The Morgan fingerprint density at radius 2 is 1.34 bits per heavy atom. The van der Waals surface area contributed by atoms with Crippen LogP contribution in [0.2, 0.25) is 0 Å². The molecule has 1 aliphatic heterocycles. The second-order valence-electron chi connectivity index (χ2n) is 8.94. The largest absolute Gasteiger partial charge is 0.395 e. The van der Waals surface area contributed by atoms with Crippen LogP contribution in [-0.2, 0) is 22.7 Å². The fourth-order valence-corrected chi connectivity index (χ4v) is 4.62. The van der Waals surface area contributed by atoms with E-state index in [9.17, 15) is 5.11 Å². The average Bonchev–Trinajstić information content (AvgIpc) is 2.83. The van der Waals surface area contributed by atoms with Crippen LogP contribution in [-0.4, -0.2) is 48.0 Å². The Bertz CT molecular complexity index is 724. The molecule has 1 N–H and O–H groups in total. The first-order chi connectivity index (χ1) is 15.8. The summed E-state index contributed by atoms with van der Waals surface area (Å²) >= 11 is 0. The zero-order valence-corrected chi connectivity index (χ0v) is 19.7. The number of aliphatic hydroxyl groups is 1. The van der Waals surface area contributed by atoms with E-state index >= 15 is 0 Å². The number of likely N-dealkylation sites (tertiary alicyclic amines) is 1. The first kappa shape index (κ1) is 24.9. The molecule has 2 aromatic carbocycles. The molecule has 4 heteroatoms. The van der Waals surface area contributed by atoms with Crippen molar-refractivity contribution in [3.63, 3.8) is 0 Å². The Balaban J connectivity index is 1.50. The molecule has 176 valence electrons. The van der Waals surface area contributed by atoms with Crippen molar-refractivity contribution in [1.82, 2.24) is 4.90 Å². The third-order valence-electron chi connectivity index (χ3n) is 6.50. The average molecular weight is 440 g/mol. The molecule has 32 heavy (non-hydrogen) atoms. The Labute approximate surface area is 194 Å². The van der Waals surface area contributed by atoms with Crippen LogP contribution < -0.4 is 0 Å². The number of nitrogens with zero attached hydrogens (tertiary/aromatic N) is 1. The number of hydrogen-bond acceptors (Lipinski definition) is 4. The lowest BCUT2D eigenvalue weighted by atomic mass is 9.89. The van der Waals surface area contributed by atoms with Gasteiger partial charge in [-0.25, -0.2) is 0 Å². The molecule has 0 radical (unpaired) electrons. The van der Waals surface area contributed by atoms with Gasteiger partial charge in [0.25, 0.3) is 0 Å². The molecule has 4 nitrogen and oxygen atoms in total. The van der Waals surface area contributed by atoms with Gasteiger partial charge in [0.15, 0.2) is 0 Å². The molecule has 1 aliphatic rings. The first-order valence-corrected chi connectivity index (χ1v) is 12.5. The van der Waals surface area contributed by atoms with Gasteiger partial charge >= 0.3 is 0 Å². The Morgan fingerprint density at radius 1 is 0.750 bits per heavy atom. The van der Waals surface area contributed by atoms with Crippen LogP contribution in [0.1, 0.15) is 63.0 Å². The normalized spacial score (nSPS) is 20.9. The smallest absolute Gasteiger partial charge is 0.0934 e. The van der Waals surface area contributed by atoms with Crippen molar-refractivity contribution >= 4 is 0 Å². The second-order valence-corrected chi connectivity index (χ2v) is 8.94. The minimum absolute atomic E-state index is 0.000494. The number of aliphatic hydroxyl groups excluding tert-OH is 1. The van der Waals surface area contributed by atoms with E-state index in [1.807, 2.05) is 36.4 Å². The van der Waals surface area contributed by atoms with Crippen LogP contribution >= 0.6 is 0 Å². The summed E-state index contributed by atoms with van der Waals surface area (Å²) in [5.41, 5.74) is 2.35. The van der Waals surface area contributed by atoms with E-state index in [2.05, 4.69) is 36.1 Å². The van der Waals surface area contributed by atoms with Crippen molar-refractivity contribution in [1.29, 1.82) is 0 Å². The van der Waals surface area contributed by atoms with E-state index in [-0.39, 0.29) is 24.8 Å². The van der Waals surface area contributed by atoms with Crippen molar-refractivity contribution in [2.24, 2.45) is 0 Å². The summed E-state index contributed by atoms with van der Waals surface area (Å²) in [5.74, 6) is 0. The molecule has 1 saturated heterocycles. The molecule has 0 bridgehead atoms. The molecular weight excluding hydrogens is 398 g/mol. The van der Waals surface area contributed by atoms with E-state index in [4.69, 9.17) is 9.47 Å². The van der Waals surface area contributed by atoms with Gasteiger partial charge in [-0.1, -0.05) is 106 Å². The van der Waals surface area contributed by atoms with E-state index in [1.165, 1.54) is 56.1 Å². The number of hydrogen-bond donors (Lipinski definition) is 1. The summed E-state index contributed by atoms with van der Waals surface area (Å²) in [7, 11) is 0. The molecule has 0 spiro atoms. The Hall–Kier alpha value is -1.72. The van der Waals surface area contributed by atoms with Crippen LogP contribution in [0.15, 0.2) is 60.7 Å². The molecule has 0 unspecified atom stereocenters. The summed E-state index contributed by atoms with van der Waals surface area (Å²) in [5, 5.41) is 10.1. The highest BCUT2D eigenvalue weighted by Gasteiger charge is 2.48. The highest BCUT2D eigenvalue weighted by atomic mass is 16.5. The van der Waals surface area contributed by atoms with Crippen LogP contribution in [0.5, 0.6) is 0 Å². The number of unbranched alkanes of at least 4 members (excludes halogenated alkanes) is 6. The number of rotatable bonds is 16.